The number of aliphatic hydroxyl groups is 1. The van der Waals surface area contributed by atoms with Crippen LogP contribution in [0.4, 0.5) is 0 Å². The Kier molecular flexibility index (Phi) is 4.43. The molecule has 0 unspecified atom stereocenters. The molecule has 0 aromatic heterocycles. The molecule has 2 rings (SSSR count). The highest BCUT2D eigenvalue weighted by Crippen LogP contribution is 2.25. The second-order valence-corrected chi connectivity index (χ2v) is 5.32. The summed E-state index contributed by atoms with van der Waals surface area (Å²) in [6.45, 7) is 2.15. The third kappa shape index (κ3) is 3.44. The van der Waals surface area contributed by atoms with E-state index in [1.807, 2.05) is 18.2 Å². The molecule has 1 aliphatic rings. The maximum atomic E-state index is 9.47. The molecule has 1 aliphatic carbocycles. The number of nitrogens with one attached hydrogen (secondary N) is 1. The first-order valence-electron chi connectivity index (χ1n) is 6.35. The van der Waals surface area contributed by atoms with Crippen molar-refractivity contribution in [2.24, 2.45) is 0 Å². The van der Waals surface area contributed by atoms with Crippen LogP contribution in [0.25, 0.3) is 0 Å². The molecule has 2 nitrogen and oxygen atoms in total. The second kappa shape index (κ2) is 5.85. The summed E-state index contributed by atoms with van der Waals surface area (Å²) in [5.74, 6) is 0. The summed E-state index contributed by atoms with van der Waals surface area (Å²) < 4.78 is 0. The first kappa shape index (κ1) is 12.9. The van der Waals surface area contributed by atoms with E-state index >= 15 is 0 Å². The van der Waals surface area contributed by atoms with Crippen LogP contribution >= 0.6 is 11.6 Å². The van der Waals surface area contributed by atoms with Crippen molar-refractivity contribution in [1.29, 1.82) is 0 Å². The number of benzene rings is 1. The molecule has 94 valence electrons. The summed E-state index contributed by atoms with van der Waals surface area (Å²) in [4.78, 5) is 0. The van der Waals surface area contributed by atoms with Crippen LogP contribution in [0, 0.1) is 0 Å². The van der Waals surface area contributed by atoms with Gasteiger partial charge in [0, 0.05) is 17.1 Å². The van der Waals surface area contributed by atoms with Crippen LogP contribution in [-0.4, -0.2) is 17.3 Å². The fourth-order valence-electron chi connectivity index (χ4n) is 2.51. The maximum absolute atomic E-state index is 9.47. The van der Waals surface area contributed by atoms with Gasteiger partial charge in [-0.2, -0.15) is 0 Å². The van der Waals surface area contributed by atoms with Crippen LogP contribution < -0.4 is 5.32 Å². The Morgan fingerprint density at radius 1 is 1.24 bits per heavy atom. The Morgan fingerprint density at radius 3 is 2.53 bits per heavy atom. The number of hydrogen-bond donors (Lipinski definition) is 2. The van der Waals surface area contributed by atoms with Gasteiger partial charge in [-0.3, -0.25) is 0 Å². The van der Waals surface area contributed by atoms with Crippen molar-refractivity contribution < 1.29 is 5.11 Å². The van der Waals surface area contributed by atoms with Crippen molar-refractivity contribution >= 4 is 11.6 Å². The van der Waals surface area contributed by atoms with Gasteiger partial charge in [-0.1, -0.05) is 29.8 Å². The predicted octanol–water partition coefficient (Wildman–Crippen LogP) is 3.29. The molecule has 1 saturated carbocycles. The lowest BCUT2D eigenvalue weighted by atomic mass is 9.92. The minimum absolute atomic E-state index is 0.0938. The summed E-state index contributed by atoms with van der Waals surface area (Å²) in [5.41, 5.74) is 1.15. The van der Waals surface area contributed by atoms with Gasteiger partial charge >= 0.3 is 0 Å². The number of hydrogen-bond acceptors (Lipinski definition) is 2. The lowest BCUT2D eigenvalue weighted by Gasteiger charge is -2.29. The first-order valence-corrected chi connectivity index (χ1v) is 6.73. The van der Waals surface area contributed by atoms with Crippen LogP contribution in [-0.2, 0) is 0 Å². The van der Waals surface area contributed by atoms with Crippen LogP contribution in [0.15, 0.2) is 24.3 Å². The highest BCUT2D eigenvalue weighted by Gasteiger charge is 2.21. The van der Waals surface area contributed by atoms with Crippen LogP contribution in [0.2, 0.25) is 5.02 Å². The largest absolute Gasteiger partial charge is 0.393 e. The van der Waals surface area contributed by atoms with E-state index in [4.69, 9.17) is 11.6 Å². The summed E-state index contributed by atoms with van der Waals surface area (Å²) in [6, 6.07) is 8.74. The minimum atomic E-state index is -0.0938. The first-order chi connectivity index (χ1) is 8.16. The Labute approximate surface area is 108 Å². The Hall–Kier alpha value is -0.570. The lowest BCUT2D eigenvalue weighted by Crippen LogP contribution is -2.36. The fourth-order valence-corrected chi connectivity index (χ4v) is 2.81. The van der Waals surface area contributed by atoms with Crippen molar-refractivity contribution in [1.82, 2.24) is 5.32 Å². The van der Waals surface area contributed by atoms with Crippen LogP contribution in [0.5, 0.6) is 0 Å². The predicted molar refractivity (Wildman–Crippen MR) is 71.3 cm³/mol. The molecule has 0 radical (unpaired) electrons. The van der Waals surface area contributed by atoms with Gasteiger partial charge in [0.05, 0.1) is 6.10 Å². The summed E-state index contributed by atoms with van der Waals surface area (Å²) >= 11 is 6.18. The molecule has 1 aromatic carbocycles. The van der Waals surface area contributed by atoms with Crippen LogP contribution in [0.1, 0.15) is 44.2 Å². The number of aliphatic hydroxyl groups excluding tert-OH is 1. The molecule has 17 heavy (non-hydrogen) atoms. The Balaban J connectivity index is 1.93. The third-order valence-corrected chi connectivity index (χ3v) is 3.90. The van der Waals surface area contributed by atoms with E-state index in [0.717, 1.165) is 36.3 Å². The zero-order valence-electron chi connectivity index (χ0n) is 10.2. The molecule has 1 atom stereocenters. The van der Waals surface area contributed by atoms with Crippen molar-refractivity contribution in [3.63, 3.8) is 0 Å². The molecule has 0 bridgehead atoms. The lowest BCUT2D eigenvalue weighted by molar-refractivity contribution is 0.114. The minimum Gasteiger partial charge on any atom is -0.393 e. The van der Waals surface area contributed by atoms with E-state index in [9.17, 15) is 5.11 Å². The molecule has 0 spiro atoms. The van der Waals surface area contributed by atoms with Crippen LogP contribution in [0.3, 0.4) is 0 Å². The molecule has 0 heterocycles. The average Bonchev–Trinajstić information content (AvgIpc) is 2.32. The van der Waals surface area contributed by atoms with E-state index in [1.54, 1.807) is 0 Å². The molecular weight excluding hydrogens is 234 g/mol. The maximum Gasteiger partial charge on any atom is 0.0541 e. The van der Waals surface area contributed by atoms with Gasteiger partial charge in [-0.05, 0) is 44.2 Å². The summed E-state index contributed by atoms with van der Waals surface area (Å²) in [6.07, 6.45) is 3.83. The summed E-state index contributed by atoms with van der Waals surface area (Å²) in [7, 11) is 0. The molecule has 2 N–H and O–H groups in total. The second-order valence-electron chi connectivity index (χ2n) is 4.92. The highest BCUT2D eigenvalue weighted by molar-refractivity contribution is 6.31. The van der Waals surface area contributed by atoms with Gasteiger partial charge in [0.2, 0.25) is 0 Å². The van der Waals surface area contributed by atoms with Crippen molar-refractivity contribution in [2.75, 3.05) is 0 Å². The molecular formula is C14H20ClNO. The molecule has 3 heteroatoms. The van der Waals surface area contributed by atoms with Gasteiger partial charge in [-0.15, -0.1) is 0 Å². The van der Waals surface area contributed by atoms with Gasteiger partial charge < -0.3 is 10.4 Å². The molecule has 1 fully saturated rings. The molecule has 0 saturated heterocycles. The molecule has 0 amide bonds. The monoisotopic (exact) mass is 253 g/mol. The van der Waals surface area contributed by atoms with Gasteiger partial charge in [0.1, 0.15) is 0 Å². The molecule has 0 aliphatic heterocycles. The van der Waals surface area contributed by atoms with E-state index in [0.29, 0.717) is 6.04 Å². The van der Waals surface area contributed by atoms with E-state index in [1.165, 1.54) is 0 Å². The number of rotatable bonds is 3. The van der Waals surface area contributed by atoms with Gasteiger partial charge in [0.15, 0.2) is 0 Å². The van der Waals surface area contributed by atoms with E-state index in [2.05, 4.69) is 18.3 Å². The SMILES string of the molecule is C[C@@H](NC1CCC(O)CC1)c1ccccc1Cl. The van der Waals surface area contributed by atoms with Crippen molar-refractivity contribution in [2.45, 2.75) is 50.8 Å². The Bertz CT molecular complexity index is 361. The van der Waals surface area contributed by atoms with Crippen molar-refractivity contribution in [3.05, 3.63) is 34.9 Å². The normalized spacial score (nSPS) is 26.8. The number of halogens is 1. The van der Waals surface area contributed by atoms with Crippen molar-refractivity contribution in [3.8, 4) is 0 Å². The fraction of sp³-hybridized carbons (Fsp3) is 0.571. The third-order valence-electron chi connectivity index (χ3n) is 3.55. The zero-order chi connectivity index (χ0) is 12.3. The van der Waals surface area contributed by atoms with Gasteiger partial charge in [-0.25, -0.2) is 0 Å². The Morgan fingerprint density at radius 2 is 1.88 bits per heavy atom. The quantitative estimate of drug-likeness (QED) is 0.867. The van der Waals surface area contributed by atoms with Gasteiger partial charge in [0.25, 0.3) is 0 Å². The summed E-state index contributed by atoms with van der Waals surface area (Å²) in [5, 5.41) is 13.9. The zero-order valence-corrected chi connectivity index (χ0v) is 11.0. The smallest absolute Gasteiger partial charge is 0.0541 e. The standard InChI is InChI=1S/C14H20ClNO/c1-10(13-4-2-3-5-14(13)15)16-11-6-8-12(17)9-7-11/h2-5,10-12,16-17H,6-9H2,1H3/t10-,11?,12?/m1/s1. The van der Waals surface area contributed by atoms with E-state index in [-0.39, 0.29) is 12.1 Å². The van der Waals surface area contributed by atoms with E-state index < -0.39 is 0 Å². The topological polar surface area (TPSA) is 32.3 Å². The average molecular weight is 254 g/mol. The molecule has 1 aromatic rings. The highest BCUT2D eigenvalue weighted by atomic mass is 35.5.